The summed E-state index contributed by atoms with van der Waals surface area (Å²) in [4.78, 5) is 7.90. The van der Waals surface area contributed by atoms with Crippen molar-refractivity contribution in [3.8, 4) is 6.07 Å². The molecule has 0 radical (unpaired) electrons. The molecule has 5 nitrogen and oxygen atoms in total. The highest BCUT2D eigenvalue weighted by molar-refractivity contribution is 9.10. The molecule has 84 valence electrons. The highest BCUT2D eigenvalue weighted by Gasteiger charge is 2.06. The Morgan fingerprint density at radius 2 is 2.18 bits per heavy atom. The van der Waals surface area contributed by atoms with Crippen molar-refractivity contribution in [3.05, 3.63) is 40.6 Å². The lowest BCUT2D eigenvalue weighted by atomic mass is 10.2. The van der Waals surface area contributed by atoms with E-state index in [9.17, 15) is 0 Å². The van der Waals surface area contributed by atoms with Gasteiger partial charge in [0.1, 0.15) is 22.4 Å². The van der Waals surface area contributed by atoms with Gasteiger partial charge >= 0.3 is 0 Å². The van der Waals surface area contributed by atoms with E-state index in [4.69, 9.17) is 11.0 Å². The summed E-state index contributed by atoms with van der Waals surface area (Å²) < 4.78 is 0.599. The first-order valence-corrected chi connectivity index (χ1v) is 5.53. The minimum absolute atomic E-state index is 0.360. The lowest BCUT2D eigenvalue weighted by molar-refractivity contribution is 1.16. The van der Waals surface area contributed by atoms with Gasteiger partial charge in [0.2, 0.25) is 0 Å². The van der Waals surface area contributed by atoms with Gasteiger partial charge in [0.25, 0.3) is 0 Å². The smallest absolute Gasteiger partial charge is 0.150 e. The fourth-order valence-electron chi connectivity index (χ4n) is 1.27. The van der Waals surface area contributed by atoms with Crippen LogP contribution in [0.2, 0.25) is 0 Å². The Labute approximate surface area is 106 Å². The molecule has 1 heterocycles. The number of benzene rings is 1. The number of rotatable bonds is 2. The van der Waals surface area contributed by atoms with Crippen LogP contribution in [0.1, 0.15) is 5.56 Å². The third kappa shape index (κ3) is 2.52. The summed E-state index contributed by atoms with van der Waals surface area (Å²) in [6.07, 6.45) is 1.37. The van der Waals surface area contributed by atoms with Gasteiger partial charge in [-0.15, -0.1) is 0 Å². The van der Waals surface area contributed by atoms with E-state index in [-0.39, 0.29) is 0 Å². The first kappa shape index (κ1) is 11.4. The molecule has 0 bridgehead atoms. The summed E-state index contributed by atoms with van der Waals surface area (Å²) >= 11 is 3.30. The number of nitrogens with zero attached hydrogens (tertiary/aromatic N) is 3. The molecule has 0 aliphatic heterocycles. The first-order valence-electron chi connectivity index (χ1n) is 4.74. The Hall–Kier alpha value is -2.13. The highest BCUT2D eigenvalue weighted by Crippen LogP contribution is 2.27. The molecule has 0 aliphatic rings. The standard InChI is InChI=1S/C11H8BrN5/c12-9-10(14)15-6-16-11(9)17-8-3-1-2-7(4-8)5-13/h1-4,6H,(H3,14,15,16,17). The third-order valence-corrected chi connectivity index (χ3v) is 2.85. The maximum Gasteiger partial charge on any atom is 0.150 e. The van der Waals surface area contributed by atoms with Gasteiger partial charge in [-0.05, 0) is 34.1 Å². The number of hydrogen-bond acceptors (Lipinski definition) is 5. The summed E-state index contributed by atoms with van der Waals surface area (Å²) in [5, 5.41) is 11.9. The molecule has 0 saturated heterocycles. The number of nitrogens with two attached hydrogens (primary N) is 1. The van der Waals surface area contributed by atoms with Gasteiger partial charge < -0.3 is 11.1 Å². The first-order chi connectivity index (χ1) is 8.20. The van der Waals surface area contributed by atoms with Crippen LogP contribution in [0.5, 0.6) is 0 Å². The van der Waals surface area contributed by atoms with Crippen LogP contribution in [-0.4, -0.2) is 9.97 Å². The van der Waals surface area contributed by atoms with Crippen LogP contribution in [0.25, 0.3) is 0 Å². The fraction of sp³-hybridized carbons (Fsp3) is 0. The van der Waals surface area contributed by atoms with Crippen molar-refractivity contribution in [1.29, 1.82) is 5.26 Å². The van der Waals surface area contributed by atoms with Crippen LogP contribution in [0.3, 0.4) is 0 Å². The van der Waals surface area contributed by atoms with Crippen LogP contribution in [-0.2, 0) is 0 Å². The van der Waals surface area contributed by atoms with Gasteiger partial charge in [-0.2, -0.15) is 5.26 Å². The normalized spacial score (nSPS) is 9.65. The summed E-state index contributed by atoms with van der Waals surface area (Å²) in [5.41, 5.74) is 6.98. The molecule has 17 heavy (non-hydrogen) atoms. The maximum absolute atomic E-state index is 8.79. The summed E-state index contributed by atoms with van der Waals surface area (Å²) in [7, 11) is 0. The zero-order valence-electron chi connectivity index (χ0n) is 8.68. The topological polar surface area (TPSA) is 87.6 Å². The van der Waals surface area contributed by atoms with Crippen molar-refractivity contribution < 1.29 is 0 Å². The molecular formula is C11H8BrN5. The average Bonchev–Trinajstić information content (AvgIpc) is 2.35. The average molecular weight is 290 g/mol. The molecule has 1 aromatic carbocycles. The van der Waals surface area contributed by atoms with E-state index in [0.29, 0.717) is 21.7 Å². The van der Waals surface area contributed by atoms with E-state index in [1.807, 2.05) is 6.07 Å². The van der Waals surface area contributed by atoms with Gasteiger partial charge in [0.15, 0.2) is 0 Å². The Morgan fingerprint density at radius 1 is 1.35 bits per heavy atom. The van der Waals surface area contributed by atoms with Crippen LogP contribution >= 0.6 is 15.9 Å². The second kappa shape index (κ2) is 4.80. The molecule has 0 spiro atoms. The molecule has 2 aromatic rings. The molecule has 6 heteroatoms. The molecule has 0 fully saturated rings. The van der Waals surface area contributed by atoms with E-state index in [1.54, 1.807) is 18.2 Å². The number of nitriles is 1. The summed E-state index contributed by atoms with van der Waals surface area (Å²) in [5.74, 6) is 0.923. The quantitative estimate of drug-likeness (QED) is 0.887. The van der Waals surface area contributed by atoms with E-state index in [1.165, 1.54) is 6.33 Å². The molecule has 0 atom stereocenters. The maximum atomic E-state index is 8.79. The highest BCUT2D eigenvalue weighted by atomic mass is 79.9. The summed E-state index contributed by atoms with van der Waals surface area (Å²) in [6, 6.07) is 9.16. The van der Waals surface area contributed by atoms with Crippen LogP contribution in [0.4, 0.5) is 17.3 Å². The molecule has 0 saturated carbocycles. The monoisotopic (exact) mass is 289 g/mol. The van der Waals surface area contributed by atoms with Crippen molar-refractivity contribution in [2.24, 2.45) is 0 Å². The zero-order valence-corrected chi connectivity index (χ0v) is 10.3. The minimum atomic E-state index is 0.360. The second-order valence-corrected chi connectivity index (χ2v) is 4.03. The molecule has 1 aromatic heterocycles. The molecule has 3 N–H and O–H groups in total. The molecule has 0 aliphatic carbocycles. The Bertz CT molecular complexity index is 591. The van der Waals surface area contributed by atoms with E-state index in [0.717, 1.165) is 5.69 Å². The minimum Gasteiger partial charge on any atom is -0.383 e. The van der Waals surface area contributed by atoms with E-state index in [2.05, 4.69) is 37.3 Å². The van der Waals surface area contributed by atoms with Crippen molar-refractivity contribution >= 4 is 33.3 Å². The molecular weight excluding hydrogens is 282 g/mol. The zero-order chi connectivity index (χ0) is 12.3. The SMILES string of the molecule is N#Cc1cccc(Nc2ncnc(N)c2Br)c1. The van der Waals surface area contributed by atoms with Gasteiger partial charge in [0, 0.05) is 5.69 Å². The molecule has 0 unspecified atom stereocenters. The Morgan fingerprint density at radius 3 is 2.94 bits per heavy atom. The van der Waals surface area contributed by atoms with Crippen molar-refractivity contribution in [3.63, 3.8) is 0 Å². The number of nitrogens with one attached hydrogen (secondary N) is 1. The molecule has 2 rings (SSSR count). The fourth-order valence-corrected chi connectivity index (χ4v) is 1.58. The predicted molar refractivity (Wildman–Crippen MR) is 68.6 cm³/mol. The van der Waals surface area contributed by atoms with Crippen molar-refractivity contribution in [1.82, 2.24) is 9.97 Å². The largest absolute Gasteiger partial charge is 0.383 e. The predicted octanol–water partition coefficient (Wildman–Crippen LogP) is 2.44. The van der Waals surface area contributed by atoms with Gasteiger partial charge in [0.05, 0.1) is 11.6 Å². The van der Waals surface area contributed by atoms with Gasteiger partial charge in [-0.3, -0.25) is 0 Å². The van der Waals surface area contributed by atoms with Crippen LogP contribution < -0.4 is 11.1 Å². The van der Waals surface area contributed by atoms with Crippen LogP contribution in [0, 0.1) is 11.3 Å². The van der Waals surface area contributed by atoms with E-state index < -0.39 is 0 Å². The third-order valence-electron chi connectivity index (χ3n) is 2.07. The number of halogens is 1. The number of hydrogen-bond donors (Lipinski definition) is 2. The second-order valence-electron chi connectivity index (χ2n) is 3.24. The lowest BCUT2D eigenvalue weighted by Gasteiger charge is -2.08. The van der Waals surface area contributed by atoms with Gasteiger partial charge in [-0.1, -0.05) is 6.07 Å². The Kier molecular flexibility index (Phi) is 3.21. The van der Waals surface area contributed by atoms with Crippen molar-refractivity contribution in [2.45, 2.75) is 0 Å². The Balaban J connectivity index is 2.32. The number of nitrogen functional groups attached to an aromatic ring is 1. The van der Waals surface area contributed by atoms with Crippen LogP contribution in [0.15, 0.2) is 35.1 Å². The number of aromatic nitrogens is 2. The summed E-state index contributed by atoms with van der Waals surface area (Å²) in [6.45, 7) is 0. The lowest BCUT2D eigenvalue weighted by Crippen LogP contribution is -1.99. The molecule has 0 amide bonds. The van der Waals surface area contributed by atoms with E-state index >= 15 is 0 Å². The van der Waals surface area contributed by atoms with Crippen molar-refractivity contribution in [2.75, 3.05) is 11.1 Å². The number of anilines is 3. The van der Waals surface area contributed by atoms with Gasteiger partial charge in [-0.25, -0.2) is 9.97 Å².